The summed E-state index contributed by atoms with van der Waals surface area (Å²) < 4.78 is 6.74. The number of ether oxygens (including phenoxy) is 1. The van der Waals surface area contributed by atoms with E-state index in [9.17, 15) is 0 Å². The Morgan fingerprint density at radius 3 is 2.50 bits per heavy atom. The maximum absolute atomic E-state index is 5.88. The molecular weight excluding hydrogens is 338 g/mol. The Labute approximate surface area is 133 Å². The second-order valence-corrected chi connectivity index (χ2v) is 5.93. The van der Waals surface area contributed by atoms with Crippen LogP contribution in [0.25, 0.3) is 0 Å². The van der Waals surface area contributed by atoms with Crippen molar-refractivity contribution in [2.45, 2.75) is 6.54 Å². The average molecular weight is 355 g/mol. The van der Waals surface area contributed by atoms with Crippen molar-refractivity contribution in [1.82, 2.24) is 4.90 Å². The van der Waals surface area contributed by atoms with Crippen LogP contribution in [0.1, 0.15) is 5.56 Å². The van der Waals surface area contributed by atoms with Gasteiger partial charge in [-0.15, -0.1) is 0 Å². The Bertz CT molecular complexity index is 544. The van der Waals surface area contributed by atoms with Crippen molar-refractivity contribution in [2.24, 2.45) is 0 Å². The van der Waals surface area contributed by atoms with Gasteiger partial charge in [-0.2, -0.15) is 0 Å². The monoisotopic (exact) mass is 353 g/mol. The number of nitrogens with zero attached hydrogens (tertiary/aromatic N) is 1. The molecule has 0 saturated carbocycles. The summed E-state index contributed by atoms with van der Waals surface area (Å²) in [5.41, 5.74) is 1.25. The molecule has 0 spiro atoms. The molecule has 0 amide bonds. The van der Waals surface area contributed by atoms with E-state index in [4.69, 9.17) is 16.3 Å². The lowest BCUT2D eigenvalue weighted by molar-refractivity contribution is 0.232. The molecule has 0 N–H and O–H groups in total. The summed E-state index contributed by atoms with van der Waals surface area (Å²) in [4.78, 5) is 2.22. The molecule has 2 nitrogen and oxygen atoms in total. The van der Waals surface area contributed by atoms with Crippen LogP contribution in [0.2, 0.25) is 5.02 Å². The van der Waals surface area contributed by atoms with E-state index in [1.807, 2.05) is 48.5 Å². The zero-order valence-corrected chi connectivity index (χ0v) is 13.7. The molecule has 0 unspecified atom stereocenters. The van der Waals surface area contributed by atoms with Gasteiger partial charge >= 0.3 is 0 Å². The summed E-state index contributed by atoms with van der Waals surface area (Å²) >= 11 is 9.35. The van der Waals surface area contributed by atoms with Crippen LogP contribution in [-0.4, -0.2) is 25.1 Å². The largest absolute Gasteiger partial charge is 0.491 e. The molecule has 0 saturated heterocycles. The summed E-state index contributed by atoms with van der Waals surface area (Å²) in [5.74, 6) is 0.882. The molecule has 4 heteroatoms. The molecule has 2 aromatic carbocycles. The number of hydrogen-bond donors (Lipinski definition) is 0. The minimum atomic E-state index is 0.659. The van der Waals surface area contributed by atoms with E-state index in [0.717, 1.165) is 28.3 Å². The third-order valence-corrected chi connectivity index (χ3v) is 3.84. The highest BCUT2D eigenvalue weighted by atomic mass is 79.9. The van der Waals surface area contributed by atoms with E-state index < -0.39 is 0 Å². The van der Waals surface area contributed by atoms with E-state index in [0.29, 0.717) is 6.61 Å². The molecule has 0 fully saturated rings. The zero-order chi connectivity index (χ0) is 14.4. The van der Waals surface area contributed by atoms with E-state index >= 15 is 0 Å². The van der Waals surface area contributed by atoms with Gasteiger partial charge in [0.2, 0.25) is 0 Å². The quantitative estimate of drug-likeness (QED) is 0.751. The van der Waals surface area contributed by atoms with Crippen LogP contribution in [0.5, 0.6) is 5.75 Å². The number of para-hydroxylation sites is 1. The van der Waals surface area contributed by atoms with Crippen LogP contribution >= 0.6 is 27.5 Å². The molecule has 20 heavy (non-hydrogen) atoms. The molecule has 0 aromatic heterocycles. The molecule has 0 atom stereocenters. The highest BCUT2D eigenvalue weighted by Crippen LogP contribution is 2.23. The summed E-state index contributed by atoms with van der Waals surface area (Å²) in [6.07, 6.45) is 0. The Morgan fingerprint density at radius 1 is 1.10 bits per heavy atom. The number of benzene rings is 2. The van der Waals surface area contributed by atoms with Crippen molar-refractivity contribution in [1.29, 1.82) is 0 Å². The Morgan fingerprint density at radius 2 is 1.80 bits per heavy atom. The first-order valence-electron chi connectivity index (χ1n) is 6.45. The molecule has 2 rings (SSSR count). The third-order valence-electron chi connectivity index (χ3n) is 2.93. The SMILES string of the molecule is CN(CCOc1ccccc1Br)Cc1ccc(Cl)cc1. The maximum atomic E-state index is 5.88. The highest BCUT2D eigenvalue weighted by molar-refractivity contribution is 9.10. The molecule has 0 aliphatic rings. The van der Waals surface area contributed by atoms with Gasteiger partial charge in [-0.05, 0) is 52.8 Å². The molecular formula is C16H17BrClNO. The van der Waals surface area contributed by atoms with Gasteiger partial charge in [-0.25, -0.2) is 0 Å². The van der Waals surface area contributed by atoms with Crippen molar-refractivity contribution in [3.63, 3.8) is 0 Å². The van der Waals surface area contributed by atoms with Gasteiger partial charge in [0.15, 0.2) is 0 Å². The van der Waals surface area contributed by atoms with Crippen LogP contribution in [-0.2, 0) is 6.54 Å². The zero-order valence-electron chi connectivity index (χ0n) is 11.4. The van der Waals surface area contributed by atoms with Crippen molar-refractivity contribution in [2.75, 3.05) is 20.2 Å². The number of likely N-dealkylation sites (N-methyl/N-ethyl adjacent to an activating group) is 1. The predicted molar refractivity (Wildman–Crippen MR) is 87.4 cm³/mol. The first kappa shape index (κ1) is 15.4. The van der Waals surface area contributed by atoms with Gasteiger partial charge in [0.05, 0.1) is 4.47 Å². The topological polar surface area (TPSA) is 12.5 Å². The molecule has 2 aromatic rings. The lowest BCUT2D eigenvalue weighted by atomic mass is 10.2. The second-order valence-electron chi connectivity index (χ2n) is 4.64. The van der Waals surface area contributed by atoms with Crippen molar-refractivity contribution < 1.29 is 4.74 Å². The van der Waals surface area contributed by atoms with Crippen LogP contribution in [0.15, 0.2) is 53.0 Å². The highest BCUT2D eigenvalue weighted by Gasteiger charge is 2.03. The van der Waals surface area contributed by atoms with Gasteiger partial charge in [0, 0.05) is 18.1 Å². The molecule has 106 valence electrons. The van der Waals surface area contributed by atoms with Gasteiger partial charge in [-0.1, -0.05) is 35.9 Å². The van der Waals surface area contributed by atoms with E-state index in [1.165, 1.54) is 5.56 Å². The summed E-state index contributed by atoms with van der Waals surface area (Å²) in [5, 5.41) is 0.772. The summed E-state index contributed by atoms with van der Waals surface area (Å²) in [6, 6.07) is 15.8. The van der Waals surface area contributed by atoms with Gasteiger partial charge in [0.25, 0.3) is 0 Å². The van der Waals surface area contributed by atoms with E-state index in [2.05, 4.69) is 27.9 Å². The average Bonchev–Trinajstić information content (AvgIpc) is 2.43. The number of rotatable bonds is 6. The fraction of sp³-hybridized carbons (Fsp3) is 0.250. The minimum absolute atomic E-state index is 0.659. The minimum Gasteiger partial charge on any atom is -0.491 e. The van der Waals surface area contributed by atoms with E-state index in [-0.39, 0.29) is 0 Å². The fourth-order valence-electron chi connectivity index (χ4n) is 1.85. The lowest BCUT2D eigenvalue weighted by Crippen LogP contribution is -2.23. The molecule has 0 bridgehead atoms. The molecule has 0 aliphatic carbocycles. The smallest absolute Gasteiger partial charge is 0.133 e. The maximum Gasteiger partial charge on any atom is 0.133 e. The van der Waals surface area contributed by atoms with Crippen LogP contribution in [0, 0.1) is 0 Å². The number of halogens is 2. The van der Waals surface area contributed by atoms with Gasteiger partial charge in [0.1, 0.15) is 12.4 Å². The van der Waals surface area contributed by atoms with E-state index in [1.54, 1.807) is 0 Å². The normalized spacial score (nSPS) is 10.8. The Hall–Kier alpha value is -1.03. The first-order valence-corrected chi connectivity index (χ1v) is 7.62. The second kappa shape index (κ2) is 7.67. The first-order chi connectivity index (χ1) is 9.65. The Kier molecular flexibility index (Phi) is 5.89. The van der Waals surface area contributed by atoms with Crippen LogP contribution in [0.4, 0.5) is 0 Å². The van der Waals surface area contributed by atoms with Crippen molar-refractivity contribution in [3.05, 3.63) is 63.6 Å². The predicted octanol–water partition coefficient (Wildman–Crippen LogP) is 4.61. The van der Waals surface area contributed by atoms with Gasteiger partial charge < -0.3 is 4.74 Å². The van der Waals surface area contributed by atoms with Gasteiger partial charge in [-0.3, -0.25) is 4.90 Å². The standard InChI is InChI=1S/C16H17BrClNO/c1-19(12-13-6-8-14(18)9-7-13)10-11-20-16-5-3-2-4-15(16)17/h2-9H,10-12H2,1H3. The van der Waals surface area contributed by atoms with Crippen molar-refractivity contribution in [3.8, 4) is 5.75 Å². The van der Waals surface area contributed by atoms with Crippen LogP contribution < -0.4 is 4.74 Å². The lowest BCUT2D eigenvalue weighted by Gasteiger charge is -2.17. The Balaban J connectivity index is 1.76. The fourth-order valence-corrected chi connectivity index (χ4v) is 2.38. The van der Waals surface area contributed by atoms with Crippen molar-refractivity contribution >= 4 is 27.5 Å². The number of hydrogen-bond acceptors (Lipinski definition) is 2. The van der Waals surface area contributed by atoms with Crippen LogP contribution in [0.3, 0.4) is 0 Å². The molecule has 0 heterocycles. The third kappa shape index (κ3) is 4.82. The summed E-state index contributed by atoms with van der Waals surface area (Å²) in [7, 11) is 2.08. The molecule has 0 aliphatic heterocycles. The summed E-state index contributed by atoms with van der Waals surface area (Å²) in [6.45, 7) is 2.41. The molecule has 0 radical (unpaired) electrons.